The predicted molar refractivity (Wildman–Crippen MR) is 140 cm³/mol. The Labute approximate surface area is 229 Å². The van der Waals surface area contributed by atoms with Gasteiger partial charge in [-0.3, -0.25) is 14.6 Å². The molecular weight excluding hydrogens is 543 g/mol. The highest BCUT2D eigenvalue weighted by molar-refractivity contribution is 6.31. The van der Waals surface area contributed by atoms with Crippen LogP contribution in [0.4, 0.5) is 33.3 Å². The first kappa shape index (κ1) is 29.5. The number of hydrogen-bond acceptors (Lipinski definition) is 5. The summed E-state index contributed by atoms with van der Waals surface area (Å²) in [7, 11) is 0. The third-order valence-corrected chi connectivity index (χ3v) is 7.55. The normalized spacial score (nSPS) is 19.4. The van der Waals surface area contributed by atoms with Crippen LogP contribution in [0.3, 0.4) is 0 Å². The lowest BCUT2D eigenvalue weighted by Gasteiger charge is -2.37. The molecule has 4 rings (SSSR count). The smallest absolute Gasteiger partial charge is 0.390 e. The van der Waals surface area contributed by atoms with Crippen LogP contribution in [0.25, 0.3) is 0 Å². The Morgan fingerprint density at radius 1 is 1.05 bits per heavy atom. The summed E-state index contributed by atoms with van der Waals surface area (Å²) in [6.45, 7) is 2.79. The van der Waals surface area contributed by atoms with Gasteiger partial charge in [-0.25, -0.2) is 8.78 Å². The van der Waals surface area contributed by atoms with Gasteiger partial charge in [-0.2, -0.15) is 13.2 Å². The number of anilines is 2. The van der Waals surface area contributed by atoms with E-state index in [4.69, 9.17) is 11.6 Å². The first-order valence-corrected chi connectivity index (χ1v) is 13.4. The van der Waals surface area contributed by atoms with Crippen molar-refractivity contribution in [3.05, 3.63) is 58.1 Å². The fraction of sp³-hybridized carbons (Fsp3) is 0.519. The van der Waals surface area contributed by atoms with Crippen LogP contribution in [-0.2, 0) is 6.54 Å². The highest BCUT2D eigenvalue weighted by Gasteiger charge is 2.30. The van der Waals surface area contributed by atoms with E-state index in [9.17, 15) is 31.9 Å². The molecule has 1 amide bonds. The van der Waals surface area contributed by atoms with E-state index >= 15 is 0 Å². The number of rotatable bonds is 8. The fourth-order valence-corrected chi connectivity index (χ4v) is 5.35. The molecule has 6 nitrogen and oxygen atoms in total. The van der Waals surface area contributed by atoms with E-state index in [0.717, 1.165) is 18.9 Å². The summed E-state index contributed by atoms with van der Waals surface area (Å²) in [6, 6.07) is 7.04. The zero-order valence-corrected chi connectivity index (χ0v) is 22.2. The van der Waals surface area contributed by atoms with Gasteiger partial charge in [0.2, 0.25) is 0 Å². The summed E-state index contributed by atoms with van der Waals surface area (Å²) in [4.78, 5) is 19.0. The summed E-state index contributed by atoms with van der Waals surface area (Å²) in [5, 5.41) is 12.7. The number of alkyl halides is 3. The number of nitrogens with one attached hydrogen (secondary N) is 1. The van der Waals surface area contributed by atoms with Gasteiger partial charge in [-0.1, -0.05) is 11.6 Å². The Balaban J connectivity index is 1.50. The molecule has 2 saturated heterocycles. The van der Waals surface area contributed by atoms with Crippen molar-refractivity contribution in [2.45, 2.75) is 32.0 Å². The van der Waals surface area contributed by atoms with Crippen LogP contribution in [0.2, 0.25) is 5.02 Å². The SMILES string of the molecule is O=C(Nc1ccc(Cl)cc1N1CCN(CCC(F)(F)F)CC1)c1ccc(F)c(F)c1CN1CCCC(CO)C1. The summed E-state index contributed by atoms with van der Waals surface area (Å²) >= 11 is 6.22. The number of carbonyl (C=O) groups excluding carboxylic acids is 1. The van der Waals surface area contributed by atoms with E-state index in [0.29, 0.717) is 55.7 Å². The molecule has 12 heteroatoms. The average molecular weight is 575 g/mol. The van der Waals surface area contributed by atoms with Gasteiger partial charge in [0.05, 0.1) is 17.8 Å². The summed E-state index contributed by atoms with van der Waals surface area (Å²) in [5.41, 5.74) is 0.942. The Kier molecular flexibility index (Phi) is 9.69. The van der Waals surface area contributed by atoms with Gasteiger partial charge in [-0.15, -0.1) is 0 Å². The number of carbonyl (C=O) groups is 1. The largest absolute Gasteiger partial charge is 0.396 e. The number of benzene rings is 2. The summed E-state index contributed by atoms with van der Waals surface area (Å²) in [6.07, 6.45) is -3.43. The Bertz CT molecular complexity index is 1160. The minimum atomic E-state index is -4.21. The molecule has 0 aromatic heterocycles. The van der Waals surface area contributed by atoms with Crippen molar-refractivity contribution in [2.75, 3.05) is 62.6 Å². The number of piperazine rings is 1. The fourth-order valence-electron chi connectivity index (χ4n) is 5.19. The number of aliphatic hydroxyl groups excluding tert-OH is 1. The summed E-state index contributed by atoms with van der Waals surface area (Å²) < 4.78 is 67.0. The molecule has 2 fully saturated rings. The number of nitrogens with zero attached hydrogens (tertiary/aromatic N) is 3. The van der Waals surface area contributed by atoms with Gasteiger partial charge in [0.25, 0.3) is 5.91 Å². The molecule has 214 valence electrons. The van der Waals surface area contributed by atoms with Gasteiger partial charge in [0.1, 0.15) is 0 Å². The standard InChI is InChI=1S/C27H32ClF5N4O2/c28-19-3-6-23(24(14-19)37-12-10-35(11-13-37)9-7-27(31,32)33)34-26(39)20-4-5-22(29)25(30)21(20)16-36-8-1-2-18(15-36)17-38/h3-6,14,18,38H,1-2,7-13,15-17H2,(H,34,39). The third kappa shape index (κ3) is 7.81. The molecule has 0 radical (unpaired) electrons. The molecule has 2 aliphatic rings. The molecular formula is C27H32ClF5N4O2. The lowest BCUT2D eigenvalue weighted by molar-refractivity contribution is -0.138. The summed E-state index contributed by atoms with van der Waals surface area (Å²) in [5.74, 6) is -2.71. The Hall–Kier alpha value is -2.47. The predicted octanol–water partition coefficient (Wildman–Crippen LogP) is 5.15. The lowest BCUT2D eigenvalue weighted by atomic mass is 9.97. The minimum Gasteiger partial charge on any atom is -0.396 e. The Morgan fingerprint density at radius 3 is 2.49 bits per heavy atom. The Morgan fingerprint density at radius 2 is 1.79 bits per heavy atom. The maximum Gasteiger partial charge on any atom is 0.390 e. The molecule has 2 heterocycles. The van der Waals surface area contributed by atoms with Crippen molar-refractivity contribution >= 4 is 28.9 Å². The van der Waals surface area contributed by atoms with Crippen LogP contribution in [-0.4, -0.2) is 79.4 Å². The maximum atomic E-state index is 15.0. The van der Waals surface area contributed by atoms with Gasteiger partial charge >= 0.3 is 6.18 Å². The molecule has 2 aromatic rings. The van der Waals surface area contributed by atoms with E-state index in [1.165, 1.54) is 6.07 Å². The lowest BCUT2D eigenvalue weighted by Crippen LogP contribution is -2.47. The van der Waals surface area contributed by atoms with Crippen molar-refractivity contribution in [1.29, 1.82) is 0 Å². The van der Waals surface area contributed by atoms with E-state index in [-0.39, 0.29) is 36.7 Å². The molecule has 1 atom stereocenters. The second-order valence-corrected chi connectivity index (χ2v) is 10.6. The number of aliphatic hydroxyl groups is 1. The number of halogens is 6. The van der Waals surface area contributed by atoms with Crippen LogP contribution >= 0.6 is 11.6 Å². The molecule has 0 aliphatic carbocycles. The maximum absolute atomic E-state index is 15.0. The van der Waals surface area contributed by atoms with E-state index in [1.54, 1.807) is 23.1 Å². The molecule has 2 aliphatic heterocycles. The first-order chi connectivity index (χ1) is 18.5. The van der Waals surface area contributed by atoms with Crippen LogP contribution in [0.15, 0.2) is 30.3 Å². The monoisotopic (exact) mass is 574 g/mol. The molecule has 39 heavy (non-hydrogen) atoms. The highest BCUT2D eigenvalue weighted by Crippen LogP contribution is 2.32. The number of amides is 1. The van der Waals surface area contributed by atoms with Gasteiger partial charge < -0.3 is 15.3 Å². The van der Waals surface area contributed by atoms with E-state index in [1.807, 2.05) is 9.80 Å². The van der Waals surface area contributed by atoms with E-state index < -0.39 is 30.1 Å². The van der Waals surface area contributed by atoms with Crippen molar-refractivity contribution in [3.63, 3.8) is 0 Å². The topological polar surface area (TPSA) is 59.1 Å². The average Bonchev–Trinajstić information content (AvgIpc) is 2.91. The van der Waals surface area contributed by atoms with E-state index in [2.05, 4.69) is 5.32 Å². The van der Waals surface area contributed by atoms with Crippen LogP contribution in [0.1, 0.15) is 35.2 Å². The van der Waals surface area contributed by atoms with Gasteiger partial charge in [-0.05, 0) is 55.6 Å². The molecule has 2 aromatic carbocycles. The van der Waals surface area contributed by atoms with Crippen molar-refractivity contribution in [2.24, 2.45) is 5.92 Å². The molecule has 2 N–H and O–H groups in total. The van der Waals surface area contributed by atoms with Crippen molar-refractivity contribution in [1.82, 2.24) is 9.80 Å². The quantitative estimate of drug-likeness (QED) is 0.427. The van der Waals surface area contributed by atoms with Gasteiger partial charge in [0.15, 0.2) is 11.6 Å². The van der Waals surface area contributed by atoms with Crippen LogP contribution in [0.5, 0.6) is 0 Å². The number of likely N-dealkylation sites (tertiary alicyclic amines) is 1. The van der Waals surface area contributed by atoms with Crippen molar-refractivity contribution in [3.8, 4) is 0 Å². The number of piperidine rings is 1. The van der Waals surface area contributed by atoms with Gasteiger partial charge in [0, 0.05) is 68.6 Å². The zero-order chi connectivity index (χ0) is 28.2. The molecule has 1 unspecified atom stereocenters. The molecule has 0 bridgehead atoms. The van der Waals surface area contributed by atoms with Crippen LogP contribution < -0.4 is 10.2 Å². The van der Waals surface area contributed by atoms with Crippen LogP contribution in [0, 0.1) is 17.6 Å². The van der Waals surface area contributed by atoms with Crippen molar-refractivity contribution < 1.29 is 31.9 Å². The molecule has 0 spiro atoms. The number of hydrogen-bond donors (Lipinski definition) is 2. The highest BCUT2D eigenvalue weighted by atomic mass is 35.5. The molecule has 0 saturated carbocycles. The minimum absolute atomic E-state index is 0.00195. The zero-order valence-electron chi connectivity index (χ0n) is 21.4. The third-order valence-electron chi connectivity index (χ3n) is 7.32. The second-order valence-electron chi connectivity index (χ2n) is 10.1. The second kappa shape index (κ2) is 12.8. The first-order valence-electron chi connectivity index (χ1n) is 13.0.